The minimum absolute atomic E-state index is 0.256. The van der Waals surface area contributed by atoms with Crippen LogP contribution in [0.25, 0.3) is 5.69 Å². The zero-order valence-corrected chi connectivity index (χ0v) is 11.8. The summed E-state index contributed by atoms with van der Waals surface area (Å²) in [5, 5.41) is 7.26. The molecule has 0 amide bonds. The van der Waals surface area contributed by atoms with Gasteiger partial charge in [0, 0.05) is 23.8 Å². The van der Waals surface area contributed by atoms with E-state index >= 15 is 0 Å². The number of hydrogen-bond donors (Lipinski definition) is 1. The van der Waals surface area contributed by atoms with Crippen molar-refractivity contribution in [1.82, 2.24) is 9.78 Å². The lowest BCUT2D eigenvalue weighted by Crippen LogP contribution is -2.16. The fourth-order valence-electron chi connectivity index (χ4n) is 2.05. The van der Waals surface area contributed by atoms with Crippen LogP contribution in [-0.4, -0.2) is 16.1 Å². The van der Waals surface area contributed by atoms with Gasteiger partial charge in [0.1, 0.15) is 5.75 Å². The molecular formula is C16H12F3N3O. The largest absolute Gasteiger partial charge is 0.573 e. The number of nitrogens with one attached hydrogen (secondary N) is 1. The molecule has 7 heteroatoms. The predicted octanol–water partition coefficient (Wildman–Crippen LogP) is 4.51. The van der Waals surface area contributed by atoms with Gasteiger partial charge >= 0.3 is 6.36 Å². The van der Waals surface area contributed by atoms with E-state index in [0.717, 1.165) is 11.4 Å². The van der Waals surface area contributed by atoms with Gasteiger partial charge in [-0.25, -0.2) is 4.68 Å². The lowest BCUT2D eigenvalue weighted by atomic mass is 10.2. The van der Waals surface area contributed by atoms with Crippen molar-refractivity contribution in [3.05, 3.63) is 67.0 Å². The zero-order chi connectivity index (χ0) is 16.3. The highest BCUT2D eigenvalue weighted by Gasteiger charge is 2.30. The second-order valence-corrected chi connectivity index (χ2v) is 4.70. The third-order valence-corrected chi connectivity index (χ3v) is 2.99. The topological polar surface area (TPSA) is 39.1 Å². The van der Waals surface area contributed by atoms with Crippen molar-refractivity contribution in [2.24, 2.45) is 0 Å². The maximum absolute atomic E-state index is 12.1. The fraction of sp³-hybridized carbons (Fsp3) is 0.0625. The van der Waals surface area contributed by atoms with Gasteiger partial charge < -0.3 is 10.1 Å². The molecule has 1 aromatic heterocycles. The number of nitrogens with zero attached hydrogens (tertiary/aromatic N) is 2. The minimum atomic E-state index is -4.69. The molecule has 0 unspecified atom stereocenters. The number of halogens is 3. The van der Waals surface area contributed by atoms with E-state index in [1.54, 1.807) is 10.9 Å². The predicted molar refractivity (Wildman–Crippen MR) is 80.0 cm³/mol. The van der Waals surface area contributed by atoms with Gasteiger partial charge in [0.15, 0.2) is 0 Å². The van der Waals surface area contributed by atoms with Crippen LogP contribution in [0.15, 0.2) is 67.0 Å². The van der Waals surface area contributed by atoms with Crippen LogP contribution in [0.1, 0.15) is 0 Å². The number of rotatable bonds is 4. The van der Waals surface area contributed by atoms with Crippen molar-refractivity contribution in [2.45, 2.75) is 6.36 Å². The van der Waals surface area contributed by atoms with Gasteiger partial charge in [-0.3, -0.25) is 0 Å². The Bertz CT molecular complexity index is 768. The standard InChI is InChI=1S/C16H12F3N3O/c17-16(18,19)23-15-7-5-12(6-8-15)21-13-3-1-4-14(11-13)22-10-2-9-20-22/h1-11,21H. The third kappa shape index (κ3) is 4.03. The smallest absolute Gasteiger partial charge is 0.406 e. The van der Waals surface area contributed by atoms with Crippen LogP contribution in [-0.2, 0) is 0 Å². The van der Waals surface area contributed by atoms with E-state index in [2.05, 4.69) is 15.2 Å². The molecule has 3 rings (SSSR count). The Morgan fingerprint density at radius 1 is 0.957 bits per heavy atom. The molecule has 1 heterocycles. The van der Waals surface area contributed by atoms with Crippen molar-refractivity contribution in [2.75, 3.05) is 5.32 Å². The molecule has 0 fully saturated rings. The summed E-state index contributed by atoms with van der Waals surface area (Å²) in [7, 11) is 0. The van der Waals surface area contributed by atoms with Gasteiger partial charge in [0.2, 0.25) is 0 Å². The molecule has 2 aromatic carbocycles. The van der Waals surface area contributed by atoms with Crippen molar-refractivity contribution >= 4 is 11.4 Å². The van der Waals surface area contributed by atoms with Crippen LogP contribution in [0.4, 0.5) is 24.5 Å². The molecule has 4 nitrogen and oxygen atoms in total. The molecule has 23 heavy (non-hydrogen) atoms. The van der Waals surface area contributed by atoms with E-state index in [0.29, 0.717) is 5.69 Å². The summed E-state index contributed by atoms with van der Waals surface area (Å²) < 4.78 is 41.9. The molecule has 0 saturated heterocycles. The van der Waals surface area contributed by atoms with E-state index in [9.17, 15) is 13.2 Å². The van der Waals surface area contributed by atoms with E-state index < -0.39 is 6.36 Å². The number of ether oxygens (including phenoxy) is 1. The van der Waals surface area contributed by atoms with Gasteiger partial charge in [-0.2, -0.15) is 5.10 Å². The van der Waals surface area contributed by atoms with Crippen molar-refractivity contribution in [3.8, 4) is 11.4 Å². The quantitative estimate of drug-likeness (QED) is 0.769. The highest BCUT2D eigenvalue weighted by molar-refractivity contribution is 5.62. The monoisotopic (exact) mass is 319 g/mol. The van der Waals surface area contributed by atoms with Gasteiger partial charge in [-0.1, -0.05) is 6.07 Å². The van der Waals surface area contributed by atoms with E-state index in [1.807, 2.05) is 36.5 Å². The maximum atomic E-state index is 12.1. The second kappa shape index (κ2) is 6.04. The Hall–Kier alpha value is -2.96. The van der Waals surface area contributed by atoms with Crippen LogP contribution in [0.3, 0.4) is 0 Å². The molecule has 118 valence electrons. The molecule has 0 radical (unpaired) electrons. The normalized spacial score (nSPS) is 11.3. The summed E-state index contributed by atoms with van der Waals surface area (Å²) in [6, 6.07) is 14.9. The Morgan fingerprint density at radius 2 is 1.74 bits per heavy atom. The van der Waals surface area contributed by atoms with Gasteiger partial charge in [0.25, 0.3) is 0 Å². The molecule has 0 spiro atoms. The second-order valence-electron chi connectivity index (χ2n) is 4.70. The molecule has 1 N–H and O–H groups in total. The molecular weight excluding hydrogens is 307 g/mol. The summed E-state index contributed by atoms with van der Waals surface area (Å²) >= 11 is 0. The summed E-state index contributed by atoms with van der Waals surface area (Å²) in [6.07, 6.45) is -1.19. The SMILES string of the molecule is FC(F)(F)Oc1ccc(Nc2cccc(-n3cccn3)c2)cc1. The number of benzene rings is 2. The van der Waals surface area contributed by atoms with Crippen LogP contribution in [0, 0.1) is 0 Å². The highest BCUT2D eigenvalue weighted by atomic mass is 19.4. The first-order valence-corrected chi connectivity index (χ1v) is 6.72. The van der Waals surface area contributed by atoms with Gasteiger partial charge in [0.05, 0.1) is 5.69 Å². The average molecular weight is 319 g/mol. The molecule has 3 aromatic rings. The van der Waals surface area contributed by atoms with Gasteiger partial charge in [-0.15, -0.1) is 13.2 Å². The number of hydrogen-bond acceptors (Lipinski definition) is 3. The van der Waals surface area contributed by atoms with Crippen molar-refractivity contribution in [1.29, 1.82) is 0 Å². The minimum Gasteiger partial charge on any atom is -0.406 e. The van der Waals surface area contributed by atoms with Crippen molar-refractivity contribution < 1.29 is 17.9 Å². The first-order chi connectivity index (χ1) is 11.0. The third-order valence-electron chi connectivity index (χ3n) is 2.99. The summed E-state index contributed by atoms with van der Waals surface area (Å²) in [5.74, 6) is -0.256. The van der Waals surface area contributed by atoms with Crippen LogP contribution in [0.2, 0.25) is 0 Å². The molecule has 0 aliphatic carbocycles. The molecule has 0 aliphatic heterocycles. The molecule has 0 atom stereocenters. The van der Waals surface area contributed by atoms with E-state index in [4.69, 9.17) is 0 Å². The highest BCUT2D eigenvalue weighted by Crippen LogP contribution is 2.25. The van der Waals surface area contributed by atoms with Crippen molar-refractivity contribution in [3.63, 3.8) is 0 Å². The number of anilines is 2. The van der Waals surface area contributed by atoms with Crippen LogP contribution >= 0.6 is 0 Å². The zero-order valence-electron chi connectivity index (χ0n) is 11.8. The Balaban J connectivity index is 1.73. The summed E-state index contributed by atoms with van der Waals surface area (Å²) in [6.45, 7) is 0. The van der Waals surface area contributed by atoms with Gasteiger partial charge in [-0.05, 0) is 48.5 Å². The van der Waals surface area contributed by atoms with Crippen LogP contribution in [0.5, 0.6) is 5.75 Å². The molecule has 0 saturated carbocycles. The van der Waals surface area contributed by atoms with E-state index in [-0.39, 0.29) is 5.75 Å². The van der Waals surface area contributed by atoms with E-state index in [1.165, 1.54) is 24.3 Å². The Morgan fingerprint density at radius 3 is 2.39 bits per heavy atom. The molecule has 0 aliphatic rings. The first kappa shape index (κ1) is 15.0. The average Bonchev–Trinajstić information content (AvgIpc) is 3.02. The fourth-order valence-corrected chi connectivity index (χ4v) is 2.05. The number of alkyl halides is 3. The Labute approximate surface area is 130 Å². The lowest BCUT2D eigenvalue weighted by molar-refractivity contribution is -0.274. The molecule has 0 bridgehead atoms. The summed E-state index contributed by atoms with van der Waals surface area (Å²) in [4.78, 5) is 0. The van der Waals surface area contributed by atoms with Crippen LogP contribution < -0.4 is 10.1 Å². The summed E-state index contributed by atoms with van der Waals surface area (Å²) in [5.41, 5.74) is 2.32. The maximum Gasteiger partial charge on any atom is 0.573 e. The Kier molecular flexibility index (Phi) is 3.92. The lowest BCUT2D eigenvalue weighted by Gasteiger charge is -2.11. The first-order valence-electron chi connectivity index (χ1n) is 6.72. The number of aromatic nitrogens is 2.